The molecule has 0 aliphatic rings. The summed E-state index contributed by atoms with van der Waals surface area (Å²) in [6.07, 6.45) is -16.2. The van der Waals surface area contributed by atoms with Crippen LogP contribution in [0.25, 0.3) is 0 Å². The predicted molar refractivity (Wildman–Crippen MR) is 170 cm³/mol. The van der Waals surface area contributed by atoms with Gasteiger partial charge in [0.05, 0.1) is 37.1 Å². The molecule has 4 amide bonds. The zero-order chi connectivity index (χ0) is 42.2. The normalized spacial score (nSPS) is 16.6. The Morgan fingerprint density at radius 1 is 0.500 bits per heavy atom. The average molecular weight is 785 g/mol. The minimum absolute atomic E-state index is 0.441. The number of alkyl halides is 2. The first-order chi connectivity index (χ1) is 24.8. The summed E-state index contributed by atoms with van der Waals surface area (Å²) >= 11 is 0. The molecule has 0 fully saturated rings. The Hall–Kier alpha value is -5.53. The molecule has 0 aromatic rings. The molecule has 25 heteroatoms. The largest absolute Gasteiger partial charge is 0.481 e. The van der Waals surface area contributed by atoms with Gasteiger partial charge in [-0.2, -0.15) is 0 Å². The highest BCUT2D eigenvalue weighted by Gasteiger charge is 2.44. The molecule has 14 N–H and O–H groups in total. The van der Waals surface area contributed by atoms with E-state index in [9.17, 15) is 73.2 Å². The van der Waals surface area contributed by atoms with E-state index < -0.39 is 164 Å². The first kappa shape index (κ1) is 48.5. The van der Waals surface area contributed by atoms with Gasteiger partial charge < -0.3 is 63.4 Å². The van der Waals surface area contributed by atoms with Crippen LogP contribution in [-0.2, 0) is 52.7 Å². The number of carboxylic acid groups (broad SMARTS) is 4. The van der Waals surface area contributed by atoms with Gasteiger partial charge >= 0.3 is 23.9 Å². The average Bonchev–Trinajstić information content (AvgIpc) is 3.07. The third-order valence-corrected chi connectivity index (χ3v) is 7.21. The number of halogens is 2. The number of nitrogens with two attached hydrogens (primary N) is 2. The number of aliphatic hydroxyl groups is 2. The zero-order valence-corrected chi connectivity index (χ0v) is 28.6. The lowest BCUT2D eigenvalue weighted by atomic mass is 9.95. The second kappa shape index (κ2) is 22.5. The second-order valence-electron chi connectivity index (χ2n) is 11.8. The van der Waals surface area contributed by atoms with Crippen LogP contribution < -0.4 is 32.7 Å². The van der Waals surface area contributed by atoms with Gasteiger partial charge in [0, 0.05) is 12.8 Å². The maximum absolute atomic E-state index is 15.2. The summed E-state index contributed by atoms with van der Waals surface area (Å²) in [5.41, 5.74) is 11.1. The molecule has 0 aromatic carbocycles. The van der Waals surface area contributed by atoms with Crippen molar-refractivity contribution >= 4 is 64.9 Å². The Labute approximate surface area is 303 Å². The molecule has 2 unspecified atom stereocenters. The maximum Gasteiger partial charge on any atom is 0.305 e. The van der Waals surface area contributed by atoms with Gasteiger partial charge in [0.2, 0.25) is 41.8 Å². The first-order valence-electron chi connectivity index (χ1n) is 15.7. The molecule has 23 nitrogen and oxygen atoms in total. The number of nitrogens with one attached hydrogen (secondary N) is 4. The third kappa shape index (κ3) is 16.4. The molecule has 0 spiro atoms. The molecule has 0 saturated carbocycles. The summed E-state index contributed by atoms with van der Waals surface area (Å²) in [6.45, 7) is 1.84. The highest BCUT2D eigenvalue weighted by Crippen LogP contribution is 2.13. The molecule has 54 heavy (non-hydrogen) atoms. The summed E-state index contributed by atoms with van der Waals surface area (Å²) in [6, 6.07) is -12.3. The fourth-order valence-electron chi connectivity index (χ4n) is 4.23. The lowest BCUT2D eigenvalue weighted by Gasteiger charge is -2.26. The molecular weight excluding hydrogens is 742 g/mol. The number of Topliss-reactive ketones (excluding diaryl/α,β-unsaturated/α-hetero) is 3. The molecule has 304 valence electrons. The van der Waals surface area contributed by atoms with Crippen molar-refractivity contribution in [3.63, 3.8) is 0 Å². The van der Waals surface area contributed by atoms with E-state index in [0.29, 0.717) is 0 Å². The van der Waals surface area contributed by atoms with E-state index in [4.69, 9.17) is 21.7 Å². The van der Waals surface area contributed by atoms with E-state index in [1.165, 1.54) is 0 Å². The van der Waals surface area contributed by atoms with Gasteiger partial charge in [-0.05, 0) is 26.7 Å². The lowest BCUT2D eigenvalue weighted by Crippen LogP contribution is -2.60. The molecule has 10 atom stereocenters. The molecule has 0 saturated heterocycles. The number of amides is 4. The van der Waals surface area contributed by atoms with Gasteiger partial charge in [0.25, 0.3) is 0 Å². The van der Waals surface area contributed by atoms with Crippen molar-refractivity contribution in [1.29, 1.82) is 0 Å². The summed E-state index contributed by atoms with van der Waals surface area (Å²) in [5.74, 6) is -18.9. The second-order valence-corrected chi connectivity index (χ2v) is 11.8. The van der Waals surface area contributed by atoms with Crippen molar-refractivity contribution in [2.45, 2.75) is 113 Å². The Morgan fingerprint density at radius 2 is 0.796 bits per heavy atom. The Morgan fingerprint density at radius 3 is 1.04 bits per heavy atom. The number of carboxylic acids is 4. The molecular formula is C29H42F2N6O17. The highest BCUT2D eigenvalue weighted by atomic mass is 19.1. The van der Waals surface area contributed by atoms with Crippen molar-refractivity contribution in [1.82, 2.24) is 21.3 Å². The van der Waals surface area contributed by atoms with E-state index in [-0.39, 0.29) is 0 Å². The van der Waals surface area contributed by atoms with E-state index >= 15 is 8.78 Å². The van der Waals surface area contributed by atoms with Crippen molar-refractivity contribution in [2.24, 2.45) is 11.5 Å². The van der Waals surface area contributed by atoms with Crippen LogP contribution in [0.4, 0.5) is 8.78 Å². The minimum atomic E-state index is -3.74. The number of rotatable bonds is 26. The minimum Gasteiger partial charge on any atom is -0.481 e. The van der Waals surface area contributed by atoms with Gasteiger partial charge in [-0.25, -0.2) is 8.78 Å². The third-order valence-electron chi connectivity index (χ3n) is 7.21. The monoisotopic (exact) mass is 784 g/mol. The number of aliphatic hydroxyl groups excluding tert-OH is 2. The summed E-state index contributed by atoms with van der Waals surface area (Å²) in [4.78, 5) is 133. The molecule has 0 rings (SSSR count). The number of carbonyl (C=O) groups is 11. The molecule has 0 aliphatic heterocycles. The number of hydrogen-bond donors (Lipinski definition) is 12. The van der Waals surface area contributed by atoms with E-state index in [1.807, 2.05) is 10.6 Å². The number of carbonyl (C=O) groups excluding carboxylic acids is 7. The van der Waals surface area contributed by atoms with Crippen LogP contribution in [0.1, 0.15) is 52.4 Å². The molecule has 0 aliphatic carbocycles. The van der Waals surface area contributed by atoms with Crippen molar-refractivity contribution in [3.05, 3.63) is 0 Å². The van der Waals surface area contributed by atoms with E-state index in [1.54, 1.807) is 10.6 Å². The van der Waals surface area contributed by atoms with Gasteiger partial charge in [-0.3, -0.25) is 52.7 Å². The number of ketones is 3. The summed E-state index contributed by atoms with van der Waals surface area (Å²) in [5, 5.41) is 63.0. The molecule has 0 bridgehead atoms. The number of aliphatic carboxylic acids is 4. The van der Waals surface area contributed by atoms with Crippen LogP contribution in [0.3, 0.4) is 0 Å². The fourth-order valence-corrected chi connectivity index (χ4v) is 4.23. The Balaban J connectivity index is 6.10. The number of hydrogen-bond acceptors (Lipinski definition) is 15. The van der Waals surface area contributed by atoms with Gasteiger partial charge in [0.1, 0.15) is 24.2 Å². The van der Waals surface area contributed by atoms with Crippen LogP contribution in [0, 0.1) is 0 Å². The van der Waals surface area contributed by atoms with Crippen LogP contribution in [0.15, 0.2) is 0 Å². The van der Waals surface area contributed by atoms with Gasteiger partial charge in [0.15, 0.2) is 11.6 Å². The lowest BCUT2D eigenvalue weighted by molar-refractivity contribution is -0.148. The maximum atomic E-state index is 15.2. The zero-order valence-electron chi connectivity index (χ0n) is 28.6. The predicted octanol–water partition coefficient (Wildman–Crippen LogP) is -5.60. The summed E-state index contributed by atoms with van der Waals surface area (Å²) in [7, 11) is 0. The van der Waals surface area contributed by atoms with Crippen LogP contribution in [-0.4, -0.2) is 156 Å². The van der Waals surface area contributed by atoms with E-state index in [2.05, 4.69) is 0 Å². The first-order valence-corrected chi connectivity index (χ1v) is 15.7. The standard InChI is InChI=1S/C29H42F2N6O17/c1-9(38)21(36-26(51)11(32)3-5-15(40)41)28(53)34-13(7-17(44)45)23(48)19(30)25(50)20(31)24(49)14(8-18(46)47)35-29(54)22(10(2)39)37-27(52)12(33)4-6-16(42)43/h9-14,19-22,38-39H,3-8,32-33H2,1-2H3,(H,34,53)(H,35,54)(H,36,51)(H,37,52)(H,40,41)(H,42,43)(H,44,45)(H,46,47)/t9-,10-,11+,12+,13+,14+,19?,20?,21+,22+/m1/s1. The van der Waals surface area contributed by atoms with Crippen molar-refractivity contribution in [3.8, 4) is 0 Å². The van der Waals surface area contributed by atoms with Crippen LogP contribution >= 0.6 is 0 Å². The van der Waals surface area contributed by atoms with Crippen LogP contribution in [0.2, 0.25) is 0 Å². The molecule has 0 heterocycles. The van der Waals surface area contributed by atoms with Gasteiger partial charge in [-0.15, -0.1) is 0 Å². The Bertz CT molecular complexity index is 1360. The highest BCUT2D eigenvalue weighted by molar-refractivity contribution is 6.18. The summed E-state index contributed by atoms with van der Waals surface area (Å²) < 4.78 is 30.4. The van der Waals surface area contributed by atoms with E-state index in [0.717, 1.165) is 13.8 Å². The molecule has 0 aromatic heterocycles. The molecule has 0 radical (unpaired) electrons. The SMILES string of the molecule is C[C@@H](O)[C@H](NC(=O)[C@@H](N)CCC(=O)O)C(=O)N[C@@H](CC(=O)O)C(=O)C(F)C(=O)C(F)C(=O)[C@H](CC(=O)O)NC(=O)[C@@H](NC(=O)[C@@H](N)CCC(=O)O)[C@@H](C)O. The van der Waals surface area contributed by atoms with Crippen LogP contribution in [0.5, 0.6) is 0 Å². The quantitative estimate of drug-likeness (QED) is 0.0364. The topological polar surface area (TPSA) is 409 Å². The Kier molecular flexibility index (Phi) is 20.2. The van der Waals surface area contributed by atoms with Gasteiger partial charge in [-0.1, -0.05) is 0 Å². The smallest absolute Gasteiger partial charge is 0.305 e. The van der Waals surface area contributed by atoms with Crippen molar-refractivity contribution in [2.75, 3.05) is 0 Å². The van der Waals surface area contributed by atoms with Crippen molar-refractivity contribution < 1.29 is 92.2 Å². The fraction of sp³-hybridized carbons (Fsp3) is 0.621.